The summed E-state index contributed by atoms with van der Waals surface area (Å²) in [5, 5.41) is 9.40. The summed E-state index contributed by atoms with van der Waals surface area (Å²) in [5.41, 5.74) is 3.02. The van der Waals surface area contributed by atoms with Crippen LogP contribution in [0.5, 0.6) is 0 Å². The largest absolute Gasteiger partial charge is 0.334 e. The standard InChI is InChI=1S/C24H19N5O2/c1-29(14-22-27-21-8-3-2-6-20(21)23(30)28-22)24(31)16-9-10-19-15(11-16)5-4-7-18(19)17-12-25-26-13-17/h2-13H,14H2,1H3,(H,25,26)(H,27,28,30). The molecule has 7 nitrogen and oxygen atoms in total. The average Bonchev–Trinajstić information content (AvgIpc) is 3.32. The summed E-state index contributed by atoms with van der Waals surface area (Å²) in [6.07, 6.45) is 3.62. The fourth-order valence-electron chi connectivity index (χ4n) is 3.79. The molecule has 1 amide bonds. The number of nitrogens with one attached hydrogen (secondary N) is 2. The number of para-hydroxylation sites is 1. The second-order valence-corrected chi connectivity index (χ2v) is 7.42. The van der Waals surface area contributed by atoms with Gasteiger partial charge in [-0.25, -0.2) is 4.98 Å². The number of rotatable bonds is 4. The van der Waals surface area contributed by atoms with Crippen molar-refractivity contribution in [3.05, 3.63) is 94.8 Å². The first-order valence-electron chi connectivity index (χ1n) is 9.85. The minimum Gasteiger partial charge on any atom is -0.334 e. The lowest BCUT2D eigenvalue weighted by atomic mass is 9.98. The zero-order chi connectivity index (χ0) is 21.4. The third kappa shape index (κ3) is 3.46. The lowest BCUT2D eigenvalue weighted by molar-refractivity contribution is 0.0781. The number of carbonyl (C=O) groups excluding carboxylic acids is 1. The maximum Gasteiger partial charge on any atom is 0.258 e. The zero-order valence-corrected chi connectivity index (χ0v) is 16.8. The first-order chi connectivity index (χ1) is 15.1. The lowest BCUT2D eigenvalue weighted by Crippen LogP contribution is -2.28. The highest BCUT2D eigenvalue weighted by Gasteiger charge is 2.15. The fraction of sp³-hybridized carbons (Fsp3) is 0.0833. The van der Waals surface area contributed by atoms with E-state index in [2.05, 4.69) is 20.2 Å². The summed E-state index contributed by atoms with van der Waals surface area (Å²) in [6, 6.07) is 18.8. The number of hydrogen-bond acceptors (Lipinski definition) is 4. The fourth-order valence-corrected chi connectivity index (χ4v) is 3.79. The van der Waals surface area contributed by atoms with E-state index in [1.165, 1.54) is 0 Å². The molecule has 0 saturated heterocycles. The van der Waals surface area contributed by atoms with Crippen molar-refractivity contribution in [1.82, 2.24) is 25.1 Å². The van der Waals surface area contributed by atoms with Crippen molar-refractivity contribution in [2.24, 2.45) is 0 Å². The number of amides is 1. The van der Waals surface area contributed by atoms with E-state index in [4.69, 9.17) is 0 Å². The van der Waals surface area contributed by atoms with E-state index in [-0.39, 0.29) is 18.0 Å². The van der Waals surface area contributed by atoms with E-state index in [9.17, 15) is 9.59 Å². The quantitative estimate of drug-likeness (QED) is 0.473. The molecule has 0 saturated carbocycles. The number of aromatic amines is 2. The van der Waals surface area contributed by atoms with Crippen LogP contribution in [0.15, 0.2) is 77.9 Å². The summed E-state index contributed by atoms with van der Waals surface area (Å²) in [4.78, 5) is 34.1. The van der Waals surface area contributed by atoms with Crippen LogP contribution in [0, 0.1) is 0 Å². The minimum atomic E-state index is -0.209. The Morgan fingerprint density at radius 3 is 2.74 bits per heavy atom. The number of nitrogens with zero attached hydrogens (tertiary/aromatic N) is 3. The Labute approximate surface area is 177 Å². The summed E-state index contributed by atoms with van der Waals surface area (Å²) in [6.45, 7) is 0.200. The van der Waals surface area contributed by atoms with Crippen molar-refractivity contribution in [3.63, 3.8) is 0 Å². The summed E-state index contributed by atoms with van der Waals surface area (Å²) in [7, 11) is 1.70. The Morgan fingerprint density at radius 1 is 1.03 bits per heavy atom. The van der Waals surface area contributed by atoms with Gasteiger partial charge in [0.15, 0.2) is 0 Å². The van der Waals surface area contributed by atoms with Crippen LogP contribution < -0.4 is 5.56 Å². The van der Waals surface area contributed by atoms with Gasteiger partial charge in [0, 0.05) is 24.4 Å². The van der Waals surface area contributed by atoms with E-state index in [1.54, 1.807) is 36.3 Å². The molecule has 2 heterocycles. The van der Waals surface area contributed by atoms with Gasteiger partial charge in [0.2, 0.25) is 0 Å². The van der Waals surface area contributed by atoms with Gasteiger partial charge >= 0.3 is 0 Å². The summed E-state index contributed by atoms with van der Waals surface area (Å²) < 4.78 is 0. The molecule has 2 aromatic heterocycles. The molecule has 0 aliphatic rings. The molecule has 3 aromatic carbocycles. The predicted molar refractivity (Wildman–Crippen MR) is 120 cm³/mol. The second-order valence-electron chi connectivity index (χ2n) is 7.42. The Balaban J connectivity index is 1.44. The molecule has 31 heavy (non-hydrogen) atoms. The first kappa shape index (κ1) is 18.7. The maximum absolute atomic E-state index is 13.0. The van der Waals surface area contributed by atoms with Crippen LogP contribution in [-0.2, 0) is 6.54 Å². The van der Waals surface area contributed by atoms with Gasteiger partial charge in [0.25, 0.3) is 11.5 Å². The van der Waals surface area contributed by atoms with Crippen molar-refractivity contribution in [1.29, 1.82) is 0 Å². The van der Waals surface area contributed by atoms with Crippen LogP contribution in [0.1, 0.15) is 16.2 Å². The number of fused-ring (bicyclic) bond motifs is 2. The molecule has 0 atom stereocenters. The van der Waals surface area contributed by atoms with Crippen LogP contribution in [0.2, 0.25) is 0 Å². The van der Waals surface area contributed by atoms with E-state index < -0.39 is 0 Å². The molecule has 7 heteroatoms. The smallest absolute Gasteiger partial charge is 0.258 e. The molecule has 0 unspecified atom stereocenters. The second kappa shape index (κ2) is 7.53. The molecule has 152 valence electrons. The third-order valence-electron chi connectivity index (χ3n) is 5.33. The van der Waals surface area contributed by atoms with Gasteiger partial charge in [0.1, 0.15) is 5.82 Å². The van der Waals surface area contributed by atoms with Crippen LogP contribution in [-0.4, -0.2) is 38.0 Å². The molecule has 0 spiro atoms. The molecule has 0 aliphatic heterocycles. The molecule has 0 aliphatic carbocycles. The molecular formula is C24H19N5O2. The monoisotopic (exact) mass is 409 g/mol. The number of H-pyrrole nitrogens is 2. The Hall–Kier alpha value is -4.26. The Kier molecular flexibility index (Phi) is 4.55. The van der Waals surface area contributed by atoms with Gasteiger partial charge in [0.05, 0.1) is 23.6 Å². The Morgan fingerprint density at radius 2 is 1.90 bits per heavy atom. The first-order valence-corrected chi connectivity index (χ1v) is 9.85. The van der Waals surface area contributed by atoms with E-state index in [0.717, 1.165) is 21.9 Å². The van der Waals surface area contributed by atoms with Crippen molar-refractivity contribution in [3.8, 4) is 11.1 Å². The van der Waals surface area contributed by atoms with E-state index in [0.29, 0.717) is 22.3 Å². The lowest BCUT2D eigenvalue weighted by Gasteiger charge is -2.17. The van der Waals surface area contributed by atoms with Crippen LogP contribution >= 0.6 is 0 Å². The molecule has 0 bridgehead atoms. The summed E-state index contributed by atoms with van der Waals surface area (Å²) >= 11 is 0. The predicted octanol–water partition coefficient (Wildman–Crippen LogP) is 3.74. The van der Waals surface area contributed by atoms with Crippen LogP contribution in [0.25, 0.3) is 32.8 Å². The van der Waals surface area contributed by atoms with Gasteiger partial charge in [-0.3, -0.25) is 14.7 Å². The van der Waals surface area contributed by atoms with Crippen molar-refractivity contribution in [2.75, 3.05) is 7.05 Å². The molecular weight excluding hydrogens is 390 g/mol. The minimum absolute atomic E-state index is 0.147. The topological polar surface area (TPSA) is 94.7 Å². The normalized spacial score (nSPS) is 11.1. The van der Waals surface area contributed by atoms with Crippen LogP contribution in [0.4, 0.5) is 0 Å². The van der Waals surface area contributed by atoms with E-state index in [1.807, 2.05) is 48.7 Å². The maximum atomic E-state index is 13.0. The molecule has 0 fully saturated rings. The highest BCUT2D eigenvalue weighted by molar-refractivity contribution is 6.02. The number of benzene rings is 3. The van der Waals surface area contributed by atoms with Gasteiger partial charge < -0.3 is 9.88 Å². The number of carbonyl (C=O) groups is 1. The highest BCUT2D eigenvalue weighted by atomic mass is 16.2. The average molecular weight is 409 g/mol. The highest BCUT2D eigenvalue weighted by Crippen LogP contribution is 2.28. The van der Waals surface area contributed by atoms with Gasteiger partial charge in [-0.1, -0.05) is 36.4 Å². The SMILES string of the molecule is CN(Cc1nc2ccccc2c(=O)[nH]1)C(=O)c1ccc2c(-c3cn[nH]c3)cccc2c1. The number of hydrogen-bond donors (Lipinski definition) is 2. The summed E-state index contributed by atoms with van der Waals surface area (Å²) in [5.74, 6) is 0.300. The Bertz CT molecular complexity index is 1470. The molecule has 5 aromatic rings. The zero-order valence-electron chi connectivity index (χ0n) is 16.8. The van der Waals surface area contributed by atoms with Gasteiger partial charge in [-0.15, -0.1) is 0 Å². The van der Waals surface area contributed by atoms with E-state index >= 15 is 0 Å². The third-order valence-corrected chi connectivity index (χ3v) is 5.33. The van der Waals surface area contributed by atoms with Gasteiger partial charge in [-0.2, -0.15) is 5.10 Å². The van der Waals surface area contributed by atoms with Crippen LogP contribution in [0.3, 0.4) is 0 Å². The molecule has 2 N–H and O–H groups in total. The van der Waals surface area contributed by atoms with Crippen molar-refractivity contribution < 1.29 is 4.79 Å². The molecule has 5 rings (SSSR count). The van der Waals surface area contributed by atoms with Crippen molar-refractivity contribution >= 4 is 27.6 Å². The number of aromatic nitrogens is 4. The molecule has 0 radical (unpaired) electrons. The van der Waals surface area contributed by atoms with Crippen molar-refractivity contribution in [2.45, 2.75) is 6.54 Å². The van der Waals surface area contributed by atoms with Gasteiger partial charge in [-0.05, 0) is 40.6 Å².